The smallest absolute Gasteiger partial charge is 0.334 e. The molecule has 0 unspecified atom stereocenters. The van der Waals surface area contributed by atoms with Gasteiger partial charge in [0.05, 0.1) is 11.3 Å². The molecule has 0 radical (unpaired) electrons. The molecule has 8 heteroatoms. The molecule has 0 aliphatic carbocycles. The predicted octanol–water partition coefficient (Wildman–Crippen LogP) is 2.01. The van der Waals surface area contributed by atoms with Gasteiger partial charge in [-0.1, -0.05) is 6.07 Å². The molecule has 1 saturated heterocycles. The van der Waals surface area contributed by atoms with Crippen LogP contribution in [-0.2, 0) is 17.8 Å². The lowest BCUT2D eigenvalue weighted by molar-refractivity contribution is -0.386. The Labute approximate surface area is 147 Å². The van der Waals surface area contributed by atoms with Crippen LogP contribution >= 0.6 is 11.3 Å². The monoisotopic (exact) mass is 359 g/mol. The molecule has 2 atom stereocenters. The Bertz CT molecular complexity index is 890. The summed E-state index contributed by atoms with van der Waals surface area (Å²) in [5, 5.41) is 12.9. The minimum atomic E-state index is -0.628. The third kappa shape index (κ3) is 2.86. The Balaban J connectivity index is 1.59. The molecule has 0 aromatic carbocycles. The van der Waals surface area contributed by atoms with Crippen LogP contribution < -0.4 is 5.56 Å². The van der Waals surface area contributed by atoms with Gasteiger partial charge < -0.3 is 9.47 Å². The fourth-order valence-electron chi connectivity index (χ4n) is 3.95. The number of pyridine rings is 1. The van der Waals surface area contributed by atoms with E-state index in [4.69, 9.17) is 0 Å². The molecular weight excluding hydrogens is 342 g/mol. The molecule has 2 bridgehead atoms. The summed E-state index contributed by atoms with van der Waals surface area (Å²) in [4.78, 5) is 38.2. The SMILES string of the molecule is O=C(Cc1cccs1)N1C[C@@H]2C[C@H](C1)c1ccc([N+](=O)[O-])c(=O)n1C2. The summed E-state index contributed by atoms with van der Waals surface area (Å²) in [6.07, 6.45) is 1.32. The first kappa shape index (κ1) is 16.0. The Morgan fingerprint density at radius 3 is 2.84 bits per heavy atom. The second kappa shape index (κ2) is 6.11. The van der Waals surface area contributed by atoms with Gasteiger partial charge in [0.15, 0.2) is 0 Å². The molecule has 4 heterocycles. The molecule has 2 aliphatic rings. The highest BCUT2D eigenvalue weighted by atomic mass is 32.1. The lowest BCUT2D eigenvalue weighted by Crippen LogP contribution is -2.49. The van der Waals surface area contributed by atoms with Crippen LogP contribution in [0.2, 0.25) is 0 Å². The van der Waals surface area contributed by atoms with Crippen LogP contribution in [0.25, 0.3) is 0 Å². The Hall–Kier alpha value is -2.48. The quantitative estimate of drug-likeness (QED) is 0.620. The summed E-state index contributed by atoms with van der Waals surface area (Å²) < 4.78 is 1.54. The number of nitrogens with zero attached hydrogens (tertiary/aromatic N) is 3. The molecule has 25 heavy (non-hydrogen) atoms. The topological polar surface area (TPSA) is 85.5 Å². The van der Waals surface area contributed by atoms with Crippen molar-refractivity contribution in [2.75, 3.05) is 13.1 Å². The maximum absolute atomic E-state index is 12.6. The molecule has 130 valence electrons. The molecule has 0 spiro atoms. The second-order valence-electron chi connectivity index (χ2n) is 6.67. The van der Waals surface area contributed by atoms with Crippen LogP contribution in [0.4, 0.5) is 5.69 Å². The average molecular weight is 359 g/mol. The second-order valence-corrected chi connectivity index (χ2v) is 7.70. The van der Waals surface area contributed by atoms with Gasteiger partial charge in [-0.05, 0) is 29.9 Å². The number of rotatable bonds is 3. The van der Waals surface area contributed by atoms with E-state index in [0.717, 1.165) is 17.0 Å². The van der Waals surface area contributed by atoms with E-state index in [0.29, 0.717) is 26.1 Å². The molecule has 1 amide bonds. The standard InChI is InChI=1S/C17H17N3O4S/c21-16(7-13-2-1-5-25-13)18-8-11-6-12(10-18)14-3-4-15(20(23)24)17(22)19(14)9-11/h1-5,11-12H,6-10H2/t11-,12+/m0/s1. The Kier molecular flexibility index (Phi) is 3.91. The number of hydrogen-bond acceptors (Lipinski definition) is 5. The number of amides is 1. The first-order valence-electron chi connectivity index (χ1n) is 8.21. The lowest BCUT2D eigenvalue weighted by Gasteiger charge is -2.42. The van der Waals surface area contributed by atoms with E-state index in [1.54, 1.807) is 17.4 Å². The Morgan fingerprint density at radius 2 is 2.12 bits per heavy atom. The van der Waals surface area contributed by atoms with Gasteiger partial charge in [0.1, 0.15) is 0 Å². The fraction of sp³-hybridized carbons (Fsp3) is 0.412. The Morgan fingerprint density at radius 1 is 1.28 bits per heavy atom. The molecule has 0 N–H and O–H groups in total. The number of piperidine rings is 1. The van der Waals surface area contributed by atoms with Crippen molar-refractivity contribution >= 4 is 22.9 Å². The van der Waals surface area contributed by atoms with E-state index in [1.807, 2.05) is 22.4 Å². The number of nitro groups is 1. The zero-order chi connectivity index (χ0) is 17.6. The van der Waals surface area contributed by atoms with Crippen molar-refractivity contribution < 1.29 is 9.72 Å². The molecule has 2 aromatic rings. The summed E-state index contributed by atoms with van der Waals surface area (Å²) in [5.41, 5.74) is -0.106. The van der Waals surface area contributed by atoms with Crippen LogP contribution in [0.5, 0.6) is 0 Å². The third-order valence-electron chi connectivity index (χ3n) is 5.04. The van der Waals surface area contributed by atoms with E-state index in [-0.39, 0.29) is 23.4 Å². The number of carbonyl (C=O) groups excluding carboxylic acids is 1. The van der Waals surface area contributed by atoms with Gasteiger partial charge >= 0.3 is 11.2 Å². The van der Waals surface area contributed by atoms with Crippen LogP contribution in [0, 0.1) is 16.0 Å². The molecule has 4 rings (SSSR count). The van der Waals surface area contributed by atoms with Crippen LogP contribution in [0.1, 0.15) is 22.9 Å². The maximum atomic E-state index is 12.6. The van der Waals surface area contributed by atoms with Gasteiger partial charge in [-0.15, -0.1) is 11.3 Å². The van der Waals surface area contributed by atoms with Crippen molar-refractivity contribution in [3.8, 4) is 0 Å². The molecule has 0 saturated carbocycles. The van der Waals surface area contributed by atoms with Crippen molar-refractivity contribution in [1.82, 2.24) is 9.47 Å². The van der Waals surface area contributed by atoms with Crippen LogP contribution in [0.3, 0.4) is 0 Å². The zero-order valence-electron chi connectivity index (χ0n) is 13.5. The minimum Gasteiger partial charge on any atom is -0.341 e. The first-order chi connectivity index (χ1) is 12.0. The van der Waals surface area contributed by atoms with Gasteiger partial charge in [0, 0.05) is 42.2 Å². The predicted molar refractivity (Wildman–Crippen MR) is 92.8 cm³/mol. The van der Waals surface area contributed by atoms with E-state index in [9.17, 15) is 19.7 Å². The van der Waals surface area contributed by atoms with Gasteiger partial charge in [0.25, 0.3) is 0 Å². The largest absolute Gasteiger partial charge is 0.341 e. The van der Waals surface area contributed by atoms with Crippen molar-refractivity contribution in [2.45, 2.75) is 25.3 Å². The first-order valence-corrected chi connectivity index (χ1v) is 9.09. The molecular formula is C17H17N3O4S. The average Bonchev–Trinajstić information content (AvgIpc) is 3.08. The highest BCUT2D eigenvalue weighted by Crippen LogP contribution is 2.35. The zero-order valence-corrected chi connectivity index (χ0v) is 14.3. The van der Waals surface area contributed by atoms with E-state index in [2.05, 4.69) is 0 Å². The van der Waals surface area contributed by atoms with Gasteiger partial charge in [-0.25, -0.2) is 0 Å². The van der Waals surface area contributed by atoms with E-state index >= 15 is 0 Å². The minimum absolute atomic E-state index is 0.0632. The molecule has 1 fully saturated rings. The molecule has 2 aromatic heterocycles. The van der Waals surface area contributed by atoms with Crippen LogP contribution in [0.15, 0.2) is 34.4 Å². The number of fused-ring (bicyclic) bond motifs is 4. The van der Waals surface area contributed by atoms with Crippen molar-refractivity contribution in [3.05, 3.63) is 60.7 Å². The summed E-state index contributed by atoms with van der Waals surface area (Å²) in [6.45, 7) is 1.61. The van der Waals surface area contributed by atoms with E-state index < -0.39 is 10.5 Å². The van der Waals surface area contributed by atoms with Crippen molar-refractivity contribution in [2.24, 2.45) is 5.92 Å². The van der Waals surface area contributed by atoms with Crippen LogP contribution in [-0.4, -0.2) is 33.4 Å². The van der Waals surface area contributed by atoms with E-state index in [1.165, 1.54) is 10.6 Å². The number of hydrogen-bond donors (Lipinski definition) is 0. The number of likely N-dealkylation sites (tertiary alicyclic amines) is 1. The van der Waals surface area contributed by atoms with Gasteiger partial charge in [0.2, 0.25) is 5.91 Å². The van der Waals surface area contributed by atoms with Gasteiger partial charge in [-0.3, -0.25) is 19.7 Å². The lowest BCUT2D eigenvalue weighted by atomic mass is 9.83. The maximum Gasteiger partial charge on any atom is 0.334 e. The summed E-state index contributed by atoms with van der Waals surface area (Å²) in [5.74, 6) is 0.335. The summed E-state index contributed by atoms with van der Waals surface area (Å²) in [6, 6.07) is 6.86. The molecule has 7 nitrogen and oxygen atoms in total. The summed E-state index contributed by atoms with van der Waals surface area (Å²) in [7, 11) is 0. The number of aromatic nitrogens is 1. The van der Waals surface area contributed by atoms with Crippen molar-refractivity contribution in [1.29, 1.82) is 0 Å². The number of carbonyl (C=O) groups is 1. The fourth-order valence-corrected chi connectivity index (χ4v) is 4.65. The third-order valence-corrected chi connectivity index (χ3v) is 5.92. The normalized spacial score (nSPS) is 21.7. The highest BCUT2D eigenvalue weighted by molar-refractivity contribution is 7.10. The summed E-state index contributed by atoms with van der Waals surface area (Å²) >= 11 is 1.57. The highest BCUT2D eigenvalue weighted by Gasteiger charge is 2.37. The molecule has 2 aliphatic heterocycles. The van der Waals surface area contributed by atoms with Gasteiger partial charge in [-0.2, -0.15) is 0 Å². The van der Waals surface area contributed by atoms with Crippen molar-refractivity contribution in [3.63, 3.8) is 0 Å². The number of thiophene rings is 1.